The van der Waals surface area contributed by atoms with Crippen molar-refractivity contribution >= 4 is 10.2 Å². The monoisotopic (exact) mass is 196 g/mol. The van der Waals surface area contributed by atoms with Gasteiger partial charge < -0.3 is 0 Å². The van der Waals surface area contributed by atoms with Gasteiger partial charge in [-0.05, 0) is 12.1 Å². The lowest BCUT2D eigenvalue weighted by Crippen LogP contribution is -1.94. The van der Waals surface area contributed by atoms with Gasteiger partial charge in [0.25, 0.3) is 0 Å². The SMILES string of the molecule is O=S(=O)(F)c1cc(F)cc(F)c1. The van der Waals surface area contributed by atoms with Gasteiger partial charge in [-0.3, -0.25) is 0 Å². The van der Waals surface area contributed by atoms with E-state index in [-0.39, 0.29) is 0 Å². The molecule has 12 heavy (non-hydrogen) atoms. The molecule has 0 N–H and O–H groups in total. The molecular formula is C6H3F3O2S. The molecule has 0 saturated heterocycles. The second-order valence-corrected chi connectivity index (χ2v) is 3.39. The molecule has 66 valence electrons. The van der Waals surface area contributed by atoms with Gasteiger partial charge in [-0.1, -0.05) is 0 Å². The highest BCUT2D eigenvalue weighted by molar-refractivity contribution is 7.86. The van der Waals surface area contributed by atoms with Crippen LogP contribution in [0.4, 0.5) is 12.7 Å². The lowest BCUT2D eigenvalue weighted by Gasteiger charge is -1.94. The summed E-state index contributed by atoms with van der Waals surface area (Å²) in [4.78, 5) is -1.01. The normalized spacial score (nSPS) is 11.6. The average molecular weight is 196 g/mol. The Morgan fingerprint density at radius 3 is 1.75 bits per heavy atom. The number of hydrogen-bond acceptors (Lipinski definition) is 2. The summed E-state index contributed by atoms with van der Waals surface area (Å²) in [5.74, 6) is -2.27. The first-order valence-corrected chi connectivity index (χ1v) is 4.19. The Morgan fingerprint density at radius 2 is 1.42 bits per heavy atom. The highest BCUT2D eigenvalue weighted by atomic mass is 32.3. The molecule has 1 rings (SSSR count). The molecule has 2 nitrogen and oxygen atoms in total. The molecule has 0 fully saturated rings. The molecule has 0 amide bonds. The zero-order valence-corrected chi connectivity index (χ0v) is 6.41. The van der Waals surface area contributed by atoms with Crippen LogP contribution in [-0.4, -0.2) is 8.42 Å². The van der Waals surface area contributed by atoms with Gasteiger partial charge in [0.2, 0.25) is 0 Å². The second-order valence-electron chi connectivity index (χ2n) is 2.04. The molecule has 0 aliphatic rings. The fourth-order valence-electron chi connectivity index (χ4n) is 0.669. The third-order valence-electron chi connectivity index (χ3n) is 1.12. The van der Waals surface area contributed by atoms with Crippen molar-refractivity contribution in [1.82, 2.24) is 0 Å². The minimum Gasteiger partial charge on any atom is -0.207 e. The van der Waals surface area contributed by atoms with Crippen LogP contribution in [0.2, 0.25) is 0 Å². The van der Waals surface area contributed by atoms with Crippen LogP contribution >= 0.6 is 0 Å². The van der Waals surface area contributed by atoms with E-state index in [0.29, 0.717) is 18.2 Å². The van der Waals surface area contributed by atoms with Crippen molar-refractivity contribution in [1.29, 1.82) is 0 Å². The Kier molecular flexibility index (Phi) is 2.10. The predicted octanol–water partition coefficient (Wildman–Crippen LogP) is 1.62. The van der Waals surface area contributed by atoms with Gasteiger partial charge in [-0.15, -0.1) is 3.89 Å². The van der Waals surface area contributed by atoms with E-state index in [2.05, 4.69) is 0 Å². The molecule has 0 saturated carbocycles. The lowest BCUT2D eigenvalue weighted by atomic mass is 10.3. The maximum atomic E-state index is 12.3. The fraction of sp³-hybridized carbons (Fsp3) is 0. The van der Waals surface area contributed by atoms with E-state index in [4.69, 9.17) is 0 Å². The van der Waals surface area contributed by atoms with Crippen molar-refractivity contribution < 1.29 is 21.1 Å². The van der Waals surface area contributed by atoms with Gasteiger partial charge in [-0.25, -0.2) is 8.78 Å². The zero-order valence-electron chi connectivity index (χ0n) is 5.59. The van der Waals surface area contributed by atoms with Gasteiger partial charge in [0.1, 0.15) is 16.5 Å². The number of hydrogen-bond donors (Lipinski definition) is 0. The molecule has 0 aliphatic carbocycles. The highest BCUT2D eigenvalue weighted by Crippen LogP contribution is 2.15. The smallest absolute Gasteiger partial charge is 0.207 e. The first-order chi connectivity index (χ1) is 5.39. The molecular weight excluding hydrogens is 193 g/mol. The van der Waals surface area contributed by atoms with Crippen LogP contribution in [0.1, 0.15) is 0 Å². The van der Waals surface area contributed by atoms with E-state index in [1.807, 2.05) is 0 Å². The van der Waals surface area contributed by atoms with Gasteiger partial charge in [0.05, 0.1) is 0 Å². The fourth-order valence-corrected chi connectivity index (χ4v) is 1.18. The summed E-state index contributed by atoms with van der Waals surface area (Å²) in [6.45, 7) is 0. The van der Waals surface area contributed by atoms with Crippen LogP contribution in [0.15, 0.2) is 23.1 Å². The largest absolute Gasteiger partial charge is 0.332 e. The number of rotatable bonds is 1. The van der Waals surface area contributed by atoms with Crippen molar-refractivity contribution in [2.75, 3.05) is 0 Å². The molecule has 1 aromatic rings. The molecule has 1 aromatic carbocycles. The Bertz CT molecular complexity index is 379. The average Bonchev–Trinajstić information content (AvgIpc) is 1.82. The molecule has 6 heteroatoms. The minimum atomic E-state index is -5.03. The van der Waals surface area contributed by atoms with Crippen molar-refractivity contribution in [3.63, 3.8) is 0 Å². The molecule has 0 unspecified atom stereocenters. The third kappa shape index (κ3) is 1.97. The van der Waals surface area contributed by atoms with Crippen molar-refractivity contribution in [2.45, 2.75) is 4.90 Å². The highest BCUT2D eigenvalue weighted by Gasteiger charge is 2.13. The first kappa shape index (κ1) is 9.05. The van der Waals surface area contributed by atoms with Crippen LogP contribution < -0.4 is 0 Å². The topological polar surface area (TPSA) is 34.1 Å². The van der Waals surface area contributed by atoms with E-state index in [1.54, 1.807) is 0 Å². The van der Waals surface area contributed by atoms with Crippen LogP contribution in [-0.2, 0) is 10.2 Å². The molecule has 0 bridgehead atoms. The maximum Gasteiger partial charge on any atom is 0.332 e. The Balaban J connectivity index is 3.37. The molecule has 0 spiro atoms. The zero-order chi connectivity index (χ0) is 9.35. The summed E-state index contributed by atoms with van der Waals surface area (Å²) < 4.78 is 57.0. The first-order valence-electron chi connectivity index (χ1n) is 2.80. The van der Waals surface area contributed by atoms with Crippen molar-refractivity contribution in [2.24, 2.45) is 0 Å². The quantitative estimate of drug-likeness (QED) is 0.639. The number of benzene rings is 1. The minimum absolute atomic E-state index is 0.401. The summed E-state index contributed by atoms with van der Waals surface area (Å²) >= 11 is 0. The van der Waals surface area contributed by atoms with Crippen LogP contribution in [0.5, 0.6) is 0 Å². The summed E-state index contributed by atoms with van der Waals surface area (Å²) in [5.41, 5.74) is 0. The summed E-state index contributed by atoms with van der Waals surface area (Å²) in [5, 5.41) is 0. The van der Waals surface area contributed by atoms with Gasteiger partial charge in [0, 0.05) is 6.07 Å². The second kappa shape index (κ2) is 2.78. The lowest BCUT2D eigenvalue weighted by molar-refractivity contribution is 0.541. The Hall–Kier alpha value is -1.04. The summed E-state index contributed by atoms with van der Waals surface area (Å²) in [6.07, 6.45) is 0. The molecule has 0 atom stereocenters. The molecule has 0 aromatic heterocycles. The van der Waals surface area contributed by atoms with Crippen LogP contribution in [0.25, 0.3) is 0 Å². The van der Waals surface area contributed by atoms with E-state index in [9.17, 15) is 21.1 Å². The van der Waals surface area contributed by atoms with Crippen LogP contribution in [0, 0.1) is 11.6 Å². The maximum absolute atomic E-state index is 12.3. The Labute approximate surface area is 66.8 Å². The standard InChI is InChI=1S/C6H3F3O2S/c7-4-1-5(8)3-6(2-4)12(9,10)11/h1-3H. The predicted molar refractivity (Wildman–Crippen MR) is 34.7 cm³/mol. The number of halogens is 3. The van der Waals surface area contributed by atoms with Crippen molar-refractivity contribution in [3.05, 3.63) is 29.8 Å². The summed E-state index contributed by atoms with van der Waals surface area (Å²) in [7, 11) is -5.03. The van der Waals surface area contributed by atoms with Gasteiger partial charge >= 0.3 is 10.2 Å². The summed E-state index contributed by atoms with van der Waals surface area (Å²) in [6, 6.07) is 1.26. The van der Waals surface area contributed by atoms with Crippen molar-refractivity contribution in [3.8, 4) is 0 Å². The third-order valence-corrected chi connectivity index (χ3v) is 1.92. The Morgan fingerprint density at radius 1 is 1.00 bits per heavy atom. The van der Waals surface area contributed by atoms with E-state index in [1.165, 1.54) is 0 Å². The van der Waals surface area contributed by atoms with Gasteiger partial charge in [-0.2, -0.15) is 8.42 Å². The molecule has 0 radical (unpaired) electrons. The van der Waals surface area contributed by atoms with E-state index >= 15 is 0 Å². The van der Waals surface area contributed by atoms with E-state index < -0.39 is 26.8 Å². The molecule has 0 heterocycles. The van der Waals surface area contributed by atoms with Gasteiger partial charge in [0.15, 0.2) is 0 Å². The van der Waals surface area contributed by atoms with E-state index in [0.717, 1.165) is 0 Å². The van der Waals surface area contributed by atoms with Crippen LogP contribution in [0.3, 0.4) is 0 Å². The molecule has 0 aliphatic heterocycles.